The molecule has 2 nitrogen and oxygen atoms in total. The lowest BCUT2D eigenvalue weighted by Gasteiger charge is -2.34. The Labute approximate surface area is 271 Å². The molecule has 1 aliphatic rings. The van der Waals surface area contributed by atoms with Crippen molar-refractivity contribution in [2.24, 2.45) is 0 Å². The molecule has 0 heterocycles. The van der Waals surface area contributed by atoms with Crippen molar-refractivity contribution < 1.29 is 0 Å². The maximum Gasteiger partial charge on any atom is 0.0560 e. The molecule has 0 bridgehead atoms. The molecule has 7 aromatic carbocycles. The molecule has 8 rings (SSSR count). The van der Waals surface area contributed by atoms with Gasteiger partial charge in [0.1, 0.15) is 0 Å². The number of nitrogens with zero attached hydrogens (tertiary/aromatic N) is 2. The molecule has 7 aromatic rings. The average molecular weight is 595 g/mol. The van der Waals surface area contributed by atoms with E-state index < -0.39 is 0 Å². The van der Waals surface area contributed by atoms with Crippen LogP contribution in [0.3, 0.4) is 0 Å². The molecule has 2 heteroatoms. The first-order valence-corrected chi connectivity index (χ1v) is 16.3. The van der Waals surface area contributed by atoms with Gasteiger partial charge in [-0.25, -0.2) is 0 Å². The van der Waals surface area contributed by atoms with Gasteiger partial charge in [0.25, 0.3) is 0 Å². The van der Waals surface area contributed by atoms with E-state index in [1.54, 1.807) is 0 Å². The van der Waals surface area contributed by atoms with Crippen LogP contribution in [0.15, 0.2) is 145 Å². The molecule has 0 fully saturated rings. The number of allylic oxidation sites excluding steroid dienone is 2. The van der Waals surface area contributed by atoms with Gasteiger partial charge in [0.05, 0.1) is 11.7 Å². The van der Waals surface area contributed by atoms with Gasteiger partial charge >= 0.3 is 0 Å². The largest absolute Gasteiger partial charge is 0.334 e. The van der Waals surface area contributed by atoms with Crippen LogP contribution < -0.4 is 9.80 Å². The fourth-order valence-electron chi connectivity index (χ4n) is 7.11. The minimum Gasteiger partial charge on any atom is -0.334 e. The molecule has 0 spiro atoms. The Morgan fingerprint density at radius 3 is 1.43 bits per heavy atom. The van der Waals surface area contributed by atoms with Crippen LogP contribution in [0.1, 0.15) is 30.0 Å². The topological polar surface area (TPSA) is 6.48 Å². The highest BCUT2D eigenvalue weighted by Gasteiger charge is 2.24. The summed E-state index contributed by atoms with van der Waals surface area (Å²) in [6, 6.07) is 45.5. The minimum absolute atomic E-state index is 0.235. The molecular formula is C44H38N2. The second kappa shape index (κ2) is 11.2. The molecule has 0 radical (unpaired) electrons. The lowest BCUT2D eigenvalue weighted by atomic mass is 9.91. The van der Waals surface area contributed by atoms with Crippen LogP contribution in [0.4, 0.5) is 28.4 Å². The van der Waals surface area contributed by atoms with Crippen molar-refractivity contribution in [1.82, 2.24) is 0 Å². The molecular weight excluding hydrogens is 556 g/mol. The lowest BCUT2D eigenvalue weighted by molar-refractivity contribution is 0.781. The summed E-state index contributed by atoms with van der Waals surface area (Å²) >= 11 is 0. The Morgan fingerprint density at radius 2 is 0.935 bits per heavy atom. The Balaban J connectivity index is 1.38. The van der Waals surface area contributed by atoms with Crippen LogP contribution in [-0.4, -0.2) is 6.04 Å². The van der Waals surface area contributed by atoms with Gasteiger partial charge in [0.15, 0.2) is 0 Å². The van der Waals surface area contributed by atoms with Gasteiger partial charge in [0.2, 0.25) is 0 Å². The van der Waals surface area contributed by atoms with Crippen LogP contribution >= 0.6 is 0 Å². The van der Waals surface area contributed by atoms with Crippen LogP contribution in [-0.2, 0) is 0 Å². The first-order chi connectivity index (χ1) is 22.4. The summed E-state index contributed by atoms with van der Waals surface area (Å²) in [5.74, 6) is 0. The molecule has 0 aliphatic heterocycles. The number of hydrogen-bond donors (Lipinski definition) is 0. The highest BCUT2D eigenvalue weighted by molar-refractivity contribution is 6.28. The van der Waals surface area contributed by atoms with E-state index >= 15 is 0 Å². The zero-order chi connectivity index (χ0) is 31.4. The number of anilines is 5. The van der Waals surface area contributed by atoms with E-state index in [2.05, 4.69) is 177 Å². The normalized spacial score (nSPS) is 14.7. The molecule has 1 aliphatic carbocycles. The van der Waals surface area contributed by atoms with E-state index in [1.165, 1.54) is 71.6 Å². The Hall–Kier alpha value is -5.34. The van der Waals surface area contributed by atoms with Gasteiger partial charge in [-0.1, -0.05) is 113 Å². The van der Waals surface area contributed by atoms with Gasteiger partial charge in [-0.2, -0.15) is 0 Å². The fourth-order valence-corrected chi connectivity index (χ4v) is 7.11. The van der Waals surface area contributed by atoms with E-state index in [0.717, 1.165) is 17.8 Å². The van der Waals surface area contributed by atoms with Gasteiger partial charge in [-0.15, -0.1) is 0 Å². The number of rotatable bonds is 6. The monoisotopic (exact) mass is 594 g/mol. The maximum absolute atomic E-state index is 2.54. The van der Waals surface area contributed by atoms with Crippen LogP contribution in [0.5, 0.6) is 0 Å². The number of benzene rings is 7. The third kappa shape index (κ3) is 4.82. The smallest absolute Gasteiger partial charge is 0.0560 e. The Morgan fingerprint density at radius 1 is 0.478 bits per heavy atom. The van der Waals surface area contributed by atoms with Crippen molar-refractivity contribution in [3.05, 3.63) is 162 Å². The van der Waals surface area contributed by atoms with Crippen molar-refractivity contribution >= 4 is 60.8 Å². The van der Waals surface area contributed by atoms with Crippen molar-refractivity contribution in [3.8, 4) is 0 Å². The summed E-state index contributed by atoms with van der Waals surface area (Å²) < 4.78 is 0. The van der Waals surface area contributed by atoms with Crippen LogP contribution in [0.2, 0.25) is 0 Å². The van der Waals surface area contributed by atoms with Crippen molar-refractivity contribution in [2.45, 2.75) is 40.2 Å². The summed E-state index contributed by atoms with van der Waals surface area (Å²) in [6.07, 6.45) is 7.97. The quantitative estimate of drug-likeness (QED) is 0.177. The average Bonchev–Trinajstić information content (AvgIpc) is 3.08. The first-order valence-electron chi connectivity index (χ1n) is 16.3. The summed E-state index contributed by atoms with van der Waals surface area (Å²) in [5.41, 5.74) is 11.1. The highest BCUT2D eigenvalue weighted by atomic mass is 15.2. The molecule has 0 saturated carbocycles. The second-order valence-electron chi connectivity index (χ2n) is 12.9. The standard InChI is InChI=1S/C44H38N2/c1-29-5-17-35(18-6-29)45(36-19-7-30(2)8-20-36)41-27-15-33-14-26-40-42(28-16-34-13-25-39(41)43(33)44(34)40)46(37-21-9-31(3)10-22-37)38-23-11-32(4)12-24-38/h5-23,25-28,38H,24H2,1-4H3. The molecule has 0 N–H and O–H groups in total. The highest BCUT2D eigenvalue weighted by Crippen LogP contribution is 2.46. The van der Waals surface area contributed by atoms with Crippen LogP contribution in [0.25, 0.3) is 32.3 Å². The first kappa shape index (κ1) is 28.2. The molecule has 1 atom stereocenters. The zero-order valence-corrected chi connectivity index (χ0v) is 27.0. The van der Waals surface area contributed by atoms with Gasteiger partial charge < -0.3 is 9.80 Å². The summed E-state index contributed by atoms with van der Waals surface area (Å²) in [6.45, 7) is 8.64. The molecule has 0 aromatic heterocycles. The van der Waals surface area contributed by atoms with Gasteiger partial charge in [-0.05, 0) is 104 Å². The molecule has 0 amide bonds. The summed E-state index contributed by atoms with van der Waals surface area (Å²) in [4.78, 5) is 4.95. The maximum atomic E-state index is 2.54. The zero-order valence-electron chi connectivity index (χ0n) is 27.0. The molecule has 46 heavy (non-hydrogen) atoms. The SMILES string of the molecule is CC1=CCC(N(c2ccc(C)cc2)c2ccc3ccc4c(N(c5ccc(C)cc5)c5ccc(C)cc5)ccc5ccc2c3c54)C=C1. The van der Waals surface area contributed by atoms with Crippen LogP contribution in [0, 0.1) is 20.8 Å². The predicted octanol–water partition coefficient (Wildman–Crippen LogP) is 12.4. The van der Waals surface area contributed by atoms with E-state index in [1.807, 2.05) is 0 Å². The summed E-state index contributed by atoms with van der Waals surface area (Å²) in [7, 11) is 0. The number of hydrogen-bond acceptors (Lipinski definition) is 2. The summed E-state index contributed by atoms with van der Waals surface area (Å²) in [5, 5.41) is 7.71. The lowest BCUT2D eigenvalue weighted by Crippen LogP contribution is -2.30. The van der Waals surface area contributed by atoms with Gasteiger partial charge in [0, 0.05) is 33.5 Å². The third-order valence-electron chi connectivity index (χ3n) is 9.61. The number of aryl methyl sites for hydroxylation is 3. The predicted molar refractivity (Wildman–Crippen MR) is 199 cm³/mol. The molecule has 224 valence electrons. The third-order valence-corrected chi connectivity index (χ3v) is 9.61. The van der Waals surface area contributed by atoms with Crippen molar-refractivity contribution in [3.63, 3.8) is 0 Å². The second-order valence-corrected chi connectivity index (χ2v) is 12.9. The van der Waals surface area contributed by atoms with Crippen molar-refractivity contribution in [2.75, 3.05) is 9.80 Å². The van der Waals surface area contributed by atoms with Crippen molar-refractivity contribution in [1.29, 1.82) is 0 Å². The minimum atomic E-state index is 0.235. The molecule has 1 unspecified atom stereocenters. The Bertz CT molecular complexity index is 2210. The van der Waals surface area contributed by atoms with E-state index in [4.69, 9.17) is 0 Å². The molecule has 0 saturated heterocycles. The van der Waals surface area contributed by atoms with Gasteiger partial charge in [-0.3, -0.25) is 0 Å². The van der Waals surface area contributed by atoms with E-state index in [0.29, 0.717) is 0 Å². The fraction of sp³-hybridized carbons (Fsp3) is 0.136. The van der Waals surface area contributed by atoms with E-state index in [-0.39, 0.29) is 6.04 Å². The Kier molecular flexibility index (Phi) is 6.87. The van der Waals surface area contributed by atoms with E-state index in [9.17, 15) is 0 Å².